The zero-order chi connectivity index (χ0) is 17.5. The summed E-state index contributed by atoms with van der Waals surface area (Å²) in [6.07, 6.45) is 3.92. The Balaban J connectivity index is 2.17. The molecular weight excluding hydrogens is 356 g/mol. The van der Waals surface area contributed by atoms with Crippen LogP contribution in [0.1, 0.15) is 55.9 Å². The highest BCUT2D eigenvalue weighted by atomic mass is 79.9. The van der Waals surface area contributed by atoms with Crippen molar-refractivity contribution in [2.24, 2.45) is 0 Å². The van der Waals surface area contributed by atoms with Gasteiger partial charge in [-0.25, -0.2) is 0 Å². The van der Waals surface area contributed by atoms with Crippen LogP contribution in [0.5, 0.6) is 0 Å². The van der Waals surface area contributed by atoms with Crippen molar-refractivity contribution >= 4 is 21.5 Å². The zero-order valence-electron chi connectivity index (χ0n) is 14.8. The summed E-state index contributed by atoms with van der Waals surface area (Å²) in [6.45, 7) is 15.1. The van der Waals surface area contributed by atoms with Gasteiger partial charge in [-0.1, -0.05) is 79.7 Å². The summed E-state index contributed by atoms with van der Waals surface area (Å²) in [4.78, 5) is 0. The van der Waals surface area contributed by atoms with E-state index in [0.29, 0.717) is 0 Å². The molecule has 0 aliphatic heterocycles. The molecule has 1 unspecified atom stereocenters. The molecule has 0 radical (unpaired) electrons. The number of benzene rings is 2. The van der Waals surface area contributed by atoms with Crippen molar-refractivity contribution < 1.29 is 0 Å². The first kappa shape index (κ1) is 17.2. The molecule has 2 aromatic rings. The number of hydrogen-bond donors (Lipinski definition) is 0. The maximum absolute atomic E-state index is 4.34. The van der Waals surface area contributed by atoms with Crippen molar-refractivity contribution in [1.82, 2.24) is 0 Å². The van der Waals surface area contributed by atoms with Crippen LogP contribution in [0.4, 0.5) is 0 Å². The Labute approximate surface area is 154 Å². The molecule has 1 atom stereocenters. The smallest absolute Gasteiger partial charge is 0.0283 e. The number of fused-ring (bicyclic) bond motifs is 1. The predicted octanol–water partition coefficient (Wildman–Crippen LogP) is 7.03. The molecule has 0 fully saturated rings. The van der Waals surface area contributed by atoms with Gasteiger partial charge in [0.05, 0.1) is 0 Å². The van der Waals surface area contributed by atoms with E-state index in [1.807, 2.05) is 6.08 Å². The van der Waals surface area contributed by atoms with Crippen molar-refractivity contribution in [3.63, 3.8) is 0 Å². The molecule has 0 spiro atoms. The van der Waals surface area contributed by atoms with Gasteiger partial charge in [0.15, 0.2) is 0 Å². The number of allylic oxidation sites excluding steroid dienone is 2. The molecule has 1 aliphatic rings. The molecular formula is C23H25Br. The van der Waals surface area contributed by atoms with Crippen LogP contribution in [0.2, 0.25) is 0 Å². The van der Waals surface area contributed by atoms with Crippen molar-refractivity contribution in [1.29, 1.82) is 0 Å². The standard InChI is InChI=1S/C23H25Br/c1-6-13-23(18-9-7-17(8-10-18)22(3,4)5)15-16(2)20-12-11-19(24)14-21(20)23/h6-12,14H,1-2,13,15H2,3-5H3. The van der Waals surface area contributed by atoms with Crippen LogP contribution in [0.25, 0.3) is 5.57 Å². The molecule has 0 N–H and O–H groups in total. The molecule has 0 nitrogen and oxygen atoms in total. The Morgan fingerprint density at radius 1 is 1.12 bits per heavy atom. The molecule has 0 amide bonds. The topological polar surface area (TPSA) is 0 Å². The van der Waals surface area contributed by atoms with E-state index in [4.69, 9.17) is 0 Å². The molecule has 0 bridgehead atoms. The van der Waals surface area contributed by atoms with Crippen molar-refractivity contribution in [3.05, 3.63) is 88.4 Å². The molecule has 3 rings (SSSR count). The minimum atomic E-state index is -0.0473. The van der Waals surface area contributed by atoms with E-state index < -0.39 is 0 Å². The van der Waals surface area contributed by atoms with Crippen LogP contribution in [-0.2, 0) is 10.8 Å². The van der Waals surface area contributed by atoms with Gasteiger partial charge >= 0.3 is 0 Å². The quantitative estimate of drug-likeness (QED) is 0.501. The van der Waals surface area contributed by atoms with Crippen LogP contribution in [-0.4, -0.2) is 0 Å². The summed E-state index contributed by atoms with van der Waals surface area (Å²) in [5, 5.41) is 0. The van der Waals surface area contributed by atoms with Crippen molar-refractivity contribution in [3.8, 4) is 0 Å². The summed E-state index contributed by atoms with van der Waals surface area (Å²) in [5.41, 5.74) is 6.72. The van der Waals surface area contributed by atoms with Gasteiger partial charge in [-0.2, -0.15) is 0 Å². The van der Waals surface area contributed by atoms with Crippen molar-refractivity contribution in [2.45, 2.75) is 44.4 Å². The van der Waals surface area contributed by atoms with E-state index in [1.54, 1.807) is 0 Å². The monoisotopic (exact) mass is 380 g/mol. The van der Waals surface area contributed by atoms with Gasteiger partial charge in [-0.15, -0.1) is 6.58 Å². The van der Waals surface area contributed by atoms with E-state index in [9.17, 15) is 0 Å². The lowest BCUT2D eigenvalue weighted by Gasteiger charge is -2.31. The van der Waals surface area contributed by atoms with Crippen molar-refractivity contribution in [2.75, 3.05) is 0 Å². The summed E-state index contributed by atoms with van der Waals surface area (Å²) < 4.78 is 1.12. The fraction of sp³-hybridized carbons (Fsp3) is 0.304. The van der Waals surface area contributed by atoms with Crippen LogP contribution in [0.15, 0.2) is 66.2 Å². The lowest BCUT2D eigenvalue weighted by molar-refractivity contribution is 0.552. The van der Waals surface area contributed by atoms with Crippen LogP contribution in [0, 0.1) is 0 Å². The van der Waals surface area contributed by atoms with E-state index in [0.717, 1.165) is 17.3 Å². The van der Waals surface area contributed by atoms with Gasteiger partial charge < -0.3 is 0 Å². The molecule has 0 heterocycles. The van der Waals surface area contributed by atoms with Gasteiger partial charge in [-0.3, -0.25) is 0 Å². The maximum Gasteiger partial charge on any atom is 0.0283 e. The molecule has 0 saturated heterocycles. The molecule has 24 heavy (non-hydrogen) atoms. The van der Waals surface area contributed by atoms with Crippen LogP contribution < -0.4 is 0 Å². The highest BCUT2D eigenvalue weighted by molar-refractivity contribution is 9.10. The highest BCUT2D eigenvalue weighted by Gasteiger charge is 2.41. The van der Waals surface area contributed by atoms with Crippen LogP contribution >= 0.6 is 15.9 Å². The van der Waals surface area contributed by atoms with E-state index >= 15 is 0 Å². The average molecular weight is 381 g/mol. The molecule has 0 aromatic heterocycles. The number of halogens is 1. The van der Waals surface area contributed by atoms with Gasteiger partial charge in [0.1, 0.15) is 0 Å². The fourth-order valence-corrected chi connectivity index (χ4v) is 4.23. The number of hydrogen-bond acceptors (Lipinski definition) is 0. The third-order valence-electron chi connectivity index (χ3n) is 5.19. The van der Waals surface area contributed by atoms with Crippen LogP contribution in [0.3, 0.4) is 0 Å². The summed E-state index contributed by atoms with van der Waals surface area (Å²) in [5.74, 6) is 0. The predicted molar refractivity (Wildman–Crippen MR) is 109 cm³/mol. The summed E-state index contributed by atoms with van der Waals surface area (Å²) in [6, 6.07) is 15.7. The second-order valence-corrected chi connectivity index (χ2v) is 8.79. The van der Waals surface area contributed by atoms with Gasteiger partial charge in [0.2, 0.25) is 0 Å². The minimum Gasteiger partial charge on any atom is -0.103 e. The van der Waals surface area contributed by atoms with E-state index in [1.165, 1.54) is 27.8 Å². The SMILES string of the molecule is C=CCC1(c2ccc(C(C)(C)C)cc2)CC(=C)c2ccc(Br)cc21. The van der Waals surface area contributed by atoms with E-state index in [-0.39, 0.29) is 10.8 Å². The van der Waals surface area contributed by atoms with Gasteiger partial charge in [0.25, 0.3) is 0 Å². The first-order valence-electron chi connectivity index (χ1n) is 8.48. The third-order valence-corrected chi connectivity index (χ3v) is 5.68. The molecule has 2 aromatic carbocycles. The maximum atomic E-state index is 4.34. The minimum absolute atomic E-state index is 0.0473. The van der Waals surface area contributed by atoms with E-state index in [2.05, 4.69) is 92.3 Å². The molecule has 124 valence electrons. The van der Waals surface area contributed by atoms with Gasteiger partial charge in [0, 0.05) is 9.89 Å². The van der Waals surface area contributed by atoms with Gasteiger partial charge in [-0.05, 0) is 58.2 Å². The Bertz CT molecular complexity index is 790. The summed E-state index contributed by atoms with van der Waals surface area (Å²) in [7, 11) is 0. The normalized spacial score (nSPS) is 20.1. The largest absolute Gasteiger partial charge is 0.103 e. The Hall–Kier alpha value is -1.60. The first-order chi connectivity index (χ1) is 11.3. The molecule has 1 heteroatoms. The third kappa shape index (κ3) is 2.80. The second kappa shape index (κ2) is 6.04. The second-order valence-electron chi connectivity index (χ2n) is 7.87. The summed E-state index contributed by atoms with van der Waals surface area (Å²) >= 11 is 3.64. The highest BCUT2D eigenvalue weighted by Crippen LogP contribution is 2.52. The molecule has 1 aliphatic carbocycles. The zero-order valence-corrected chi connectivity index (χ0v) is 16.4. The Morgan fingerprint density at radius 2 is 1.79 bits per heavy atom. The Kier molecular flexibility index (Phi) is 4.34. The first-order valence-corrected chi connectivity index (χ1v) is 9.27. The fourth-order valence-electron chi connectivity index (χ4n) is 3.87. The average Bonchev–Trinajstić information content (AvgIpc) is 2.80. The Morgan fingerprint density at radius 3 is 2.38 bits per heavy atom. The lowest BCUT2D eigenvalue weighted by atomic mass is 9.72. The lowest BCUT2D eigenvalue weighted by Crippen LogP contribution is -2.24. The molecule has 0 saturated carbocycles. The number of rotatable bonds is 3.